The van der Waals surface area contributed by atoms with Crippen molar-refractivity contribution in [3.8, 4) is 0 Å². The number of amides is 1. The van der Waals surface area contributed by atoms with Gasteiger partial charge in [0.25, 0.3) is 5.56 Å². The van der Waals surface area contributed by atoms with Crippen LogP contribution in [0.2, 0.25) is 0 Å². The number of Topliss-reactive ketones (excluding diaryl/α,β-unsaturated/α-hetero) is 1. The fourth-order valence-corrected chi connectivity index (χ4v) is 3.10. The summed E-state index contributed by atoms with van der Waals surface area (Å²) in [6.45, 7) is 0.923. The molecule has 7 nitrogen and oxygen atoms in total. The van der Waals surface area contributed by atoms with Gasteiger partial charge in [-0.1, -0.05) is 30.3 Å². The lowest BCUT2D eigenvalue weighted by molar-refractivity contribution is -0.131. The van der Waals surface area contributed by atoms with Gasteiger partial charge in [-0.15, -0.1) is 0 Å². The molecule has 1 aromatic heterocycles. The van der Waals surface area contributed by atoms with Crippen molar-refractivity contribution in [1.82, 2.24) is 14.9 Å². The number of rotatable bonds is 4. The normalized spacial score (nSPS) is 17.3. The molecule has 0 spiro atoms. The molecule has 1 amide bonds. The monoisotopic (exact) mass is 341 g/mol. The summed E-state index contributed by atoms with van der Waals surface area (Å²) in [6, 6.07) is 9.06. The Bertz CT molecular complexity index is 885. The maximum absolute atomic E-state index is 12.6. The Labute approximate surface area is 143 Å². The summed E-state index contributed by atoms with van der Waals surface area (Å²) in [5, 5.41) is 0. The Morgan fingerprint density at radius 2 is 1.92 bits per heavy atom. The van der Waals surface area contributed by atoms with Crippen molar-refractivity contribution < 1.29 is 9.59 Å². The molecule has 1 fully saturated rings. The molecule has 1 aliphatic heterocycles. The number of ketones is 1. The largest absolute Gasteiger partial charge is 0.342 e. The molecule has 25 heavy (non-hydrogen) atoms. The van der Waals surface area contributed by atoms with Gasteiger partial charge >= 0.3 is 5.69 Å². The molecule has 2 heterocycles. The van der Waals surface area contributed by atoms with Crippen molar-refractivity contribution in [2.24, 2.45) is 5.92 Å². The highest BCUT2D eigenvalue weighted by Gasteiger charge is 2.29. The fourth-order valence-electron chi connectivity index (χ4n) is 3.10. The summed E-state index contributed by atoms with van der Waals surface area (Å²) < 4.78 is 0. The van der Waals surface area contributed by atoms with Crippen LogP contribution < -0.4 is 11.2 Å². The number of nitrogens with one attached hydrogen (secondary N) is 2. The summed E-state index contributed by atoms with van der Waals surface area (Å²) in [5.41, 5.74) is -0.307. The zero-order valence-electron chi connectivity index (χ0n) is 13.7. The standard InChI is InChI=1S/C18H19N3O4/c22-15(9-14-10-19-18(25)20-17(14)24)21-8-4-7-13(11-21)16(23)12-5-2-1-3-6-12/h1-3,5-6,10,13H,4,7-9,11H2,(H2,19,20,24,25). The highest BCUT2D eigenvalue weighted by atomic mass is 16.2. The molecule has 1 unspecified atom stereocenters. The Balaban J connectivity index is 1.68. The Morgan fingerprint density at radius 1 is 1.16 bits per heavy atom. The molecule has 0 radical (unpaired) electrons. The maximum atomic E-state index is 12.6. The summed E-state index contributed by atoms with van der Waals surface area (Å²) in [7, 11) is 0. The predicted molar refractivity (Wildman–Crippen MR) is 91.5 cm³/mol. The molecule has 1 aromatic carbocycles. The quantitative estimate of drug-likeness (QED) is 0.800. The fraction of sp³-hybridized carbons (Fsp3) is 0.333. The number of H-pyrrole nitrogens is 2. The second kappa shape index (κ2) is 7.29. The van der Waals surface area contributed by atoms with Gasteiger partial charge < -0.3 is 9.88 Å². The summed E-state index contributed by atoms with van der Waals surface area (Å²) in [5.74, 6) is -0.405. The first-order valence-corrected chi connectivity index (χ1v) is 8.22. The molecule has 1 saturated heterocycles. The summed E-state index contributed by atoms with van der Waals surface area (Å²) >= 11 is 0. The van der Waals surface area contributed by atoms with E-state index in [4.69, 9.17) is 0 Å². The molecule has 0 bridgehead atoms. The molecule has 130 valence electrons. The second-order valence-corrected chi connectivity index (χ2v) is 6.18. The van der Waals surface area contributed by atoms with Crippen LogP contribution in [0.4, 0.5) is 0 Å². The molecule has 0 aliphatic carbocycles. The van der Waals surface area contributed by atoms with E-state index >= 15 is 0 Å². The van der Waals surface area contributed by atoms with E-state index in [1.54, 1.807) is 17.0 Å². The molecule has 7 heteroatoms. The van der Waals surface area contributed by atoms with Gasteiger partial charge in [0.15, 0.2) is 5.78 Å². The molecule has 0 saturated carbocycles. The van der Waals surface area contributed by atoms with E-state index in [-0.39, 0.29) is 29.6 Å². The number of nitrogens with zero attached hydrogens (tertiary/aromatic N) is 1. The van der Waals surface area contributed by atoms with Crippen LogP contribution in [0, 0.1) is 5.92 Å². The highest BCUT2D eigenvalue weighted by molar-refractivity contribution is 5.98. The van der Waals surface area contributed by atoms with Crippen LogP contribution in [0.1, 0.15) is 28.8 Å². The number of hydrogen-bond donors (Lipinski definition) is 2. The van der Waals surface area contributed by atoms with Gasteiger partial charge in [-0.2, -0.15) is 0 Å². The predicted octanol–water partition coefficient (Wildman–Crippen LogP) is 0.727. The lowest BCUT2D eigenvalue weighted by atomic mass is 9.90. The van der Waals surface area contributed by atoms with E-state index in [2.05, 4.69) is 9.97 Å². The Kier molecular flexibility index (Phi) is 4.92. The number of hydrogen-bond acceptors (Lipinski definition) is 4. The minimum atomic E-state index is -0.604. The van der Waals surface area contributed by atoms with Crippen LogP contribution in [0.15, 0.2) is 46.1 Å². The van der Waals surface area contributed by atoms with Crippen molar-refractivity contribution in [3.05, 3.63) is 68.5 Å². The van der Waals surface area contributed by atoms with Crippen LogP contribution in [0.25, 0.3) is 0 Å². The number of aromatic nitrogens is 2. The molecular weight excluding hydrogens is 322 g/mol. The second-order valence-electron chi connectivity index (χ2n) is 6.18. The smallest absolute Gasteiger partial charge is 0.325 e. The van der Waals surface area contributed by atoms with Gasteiger partial charge in [-0.05, 0) is 12.8 Å². The molecule has 2 aromatic rings. The summed E-state index contributed by atoms with van der Waals surface area (Å²) in [6.07, 6.45) is 2.65. The van der Waals surface area contributed by atoms with E-state index < -0.39 is 11.2 Å². The molecule has 1 aliphatic rings. The van der Waals surface area contributed by atoms with Gasteiger partial charge in [0, 0.05) is 36.3 Å². The SMILES string of the molecule is O=C(c1ccccc1)C1CCCN(C(=O)Cc2c[nH]c(=O)[nH]c2=O)C1. The molecule has 3 rings (SSSR count). The first-order valence-electron chi connectivity index (χ1n) is 8.22. The first-order chi connectivity index (χ1) is 12.0. The number of benzene rings is 1. The third kappa shape index (κ3) is 3.93. The van der Waals surface area contributed by atoms with Crippen LogP contribution in [-0.2, 0) is 11.2 Å². The zero-order valence-corrected chi connectivity index (χ0v) is 13.7. The number of carbonyl (C=O) groups is 2. The molecule has 1 atom stereocenters. The highest BCUT2D eigenvalue weighted by Crippen LogP contribution is 2.21. The summed E-state index contributed by atoms with van der Waals surface area (Å²) in [4.78, 5) is 53.9. The van der Waals surface area contributed by atoms with Crippen molar-refractivity contribution in [2.75, 3.05) is 13.1 Å². The third-order valence-corrected chi connectivity index (χ3v) is 4.44. The Hall–Kier alpha value is -2.96. The number of carbonyl (C=O) groups excluding carboxylic acids is 2. The lowest BCUT2D eigenvalue weighted by Crippen LogP contribution is -2.43. The van der Waals surface area contributed by atoms with Crippen LogP contribution in [-0.4, -0.2) is 39.6 Å². The van der Waals surface area contributed by atoms with Crippen LogP contribution >= 0.6 is 0 Å². The number of aromatic amines is 2. The van der Waals surface area contributed by atoms with E-state index in [9.17, 15) is 19.2 Å². The van der Waals surface area contributed by atoms with Gasteiger partial charge in [-0.25, -0.2) is 4.79 Å². The minimum Gasteiger partial charge on any atom is -0.342 e. The number of piperidine rings is 1. The van der Waals surface area contributed by atoms with Crippen molar-refractivity contribution in [1.29, 1.82) is 0 Å². The van der Waals surface area contributed by atoms with Crippen molar-refractivity contribution in [3.63, 3.8) is 0 Å². The maximum Gasteiger partial charge on any atom is 0.325 e. The third-order valence-electron chi connectivity index (χ3n) is 4.44. The van der Waals surface area contributed by atoms with E-state index in [0.717, 1.165) is 12.8 Å². The molecule has 2 N–H and O–H groups in total. The van der Waals surface area contributed by atoms with Gasteiger partial charge in [0.05, 0.1) is 6.42 Å². The van der Waals surface area contributed by atoms with E-state index in [0.29, 0.717) is 18.7 Å². The minimum absolute atomic E-state index is 0.0417. The average Bonchev–Trinajstić information content (AvgIpc) is 2.64. The number of likely N-dealkylation sites (tertiary alicyclic amines) is 1. The van der Waals surface area contributed by atoms with Gasteiger partial charge in [0.1, 0.15) is 0 Å². The zero-order chi connectivity index (χ0) is 17.8. The van der Waals surface area contributed by atoms with Gasteiger partial charge in [0.2, 0.25) is 5.91 Å². The lowest BCUT2D eigenvalue weighted by Gasteiger charge is -2.32. The topological polar surface area (TPSA) is 103 Å². The Morgan fingerprint density at radius 3 is 2.64 bits per heavy atom. The van der Waals surface area contributed by atoms with Crippen molar-refractivity contribution in [2.45, 2.75) is 19.3 Å². The van der Waals surface area contributed by atoms with E-state index in [1.807, 2.05) is 18.2 Å². The van der Waals surface area contributed by atoms with E-state index in [1.165, 1.54) is 6.20 Å². The van der Waals surface area contributed by atoms with Crippen molar-refractivity contribution >= 4 is 11.7 Å². The molecular formula is C18H19N3O4. The van der Waals surface area contributed by atoms with Gasteiger partial charge in [-0.3, -0.25) is 19.4 Å². The van der Waals surface area contributed by atoms with Crippen LogP contribution in [0.3, 0.4) is 0 Å². The average molecular weight is 341 g/mol. The van der Waals surface area contributed by atoms with Crippen LogP contribution in [0.5, 0.6) is 0 Å². The first kappa shape index (κ1) is 16.9.